The van der Waals surface area contributed by atoms with E-state index in [-0.39, 0.29) is 6.61 Å². The van der Waals surface area contributed by atoms with Crippen LogP contribution in [0.25, 0.3) is 11.0 Å². The van der Waals surface area contributed by atoms with Crippen LogP contribution in [0, 0.1) is 13.8 Å². The molecule has 0 aliphatic carbocycles. The van der Waals surface area contributed by atoms with Crippen molar-refractivity contribution in [1.29, 1.82) is 0 Å². The fraction of sp³-hybridized carbons (Fsp3) is 0.158. The molecule has 1 N–H and O–H groups in total. The Kier molecular flexibility index (Phi) is 4.90. The Balaban J connectivity index is 1.88. The molecule has 6 heteroatoms. The number of ether oxygens (including phenoxy) is 1. The van der Waals surface area contributed by atoms with Crippen LogP contribution in [0.15, 0.2) is 61.3 Å². The van der Waals surface area contributed by atoms with Crippen LogP contribution in [-0.4, -0.2) is 17.5 Å². The lowest BCUT2D eigenvalue weighted by atomic mass is 10.1. The summed E-state index contributed by atoms with van der Waals surface area (Å²) in [6.07, 6.45) is 0. The maximum atomic E-state index is 11.6. The highest BCUT2D eigenvalue weighted by molar-refractivity contribution is 9.10. The summed E-state index contributed by atoms with van der Waals surface area (Å²) in [6, 6.07) is 12.4. The molecule has 0 atom stereocenters. The highest BCUT2D eigenvalue weighted by Gasteiger charge is 2.10. The van der Waals surface area contributed by atoms with E-state index in [0.29, 0.717) is 17.0 Å². The van der Waals surface area contributed by atoms with Gasteiger partial charge in [0.2, 0.25) is 0 Å². The molecular formula is C19H16BrNO4. The van der Waals surface area contributed by atoms with E-state index in [9.17, 15) is 10.0 Å². The topological polar surface area (TPSA) is 72.0 Å². The third kappa shape index (κ3) is 3.74. The largest absolute Gasteiger partial charge is 0.487 e. The molecule has 0 aliphatic rings. The van der Waals surface area contributed by atoms with E-state index in [2.05, 4.69) is 21.1 Å². The number of halogens is 1. The van der Waals surface area contributed by atoms with Crippen molar-refractivity contribution in [2.75, 3.05) is 6.61 Å². The summed E-state index contributed by atoms with van der Waals surface area (Å²) >= 11 is 3.37. The van der Waals surface area contributed by atoms with Crippen molar-refractivity contribution in [2.45, 2.75) is 13.8 Å². The molecule has 0 fully saturated rings. The van der Waals surface area contributed by atoms with Crippen molar-refractivity contribution in [2.24, 2.45) is 5.16 Å². The van der Waals surface area contributed by atoms with Crippen molar-refractivity contribution < 1.29 is 14.4 Å². The Morgan fingerprint density at radius 2 is 1.84 bits per heavy atom. The van der Waals surface area contributed by atoms with Crippen molar-refractivity contribution in [1.82, 2.24) is 0 Å². The number of rotatable bonds is 4. The van der Waals surface area contributed by atoms with E-state index in [1.807, 2.05) is 44.2 Å². The van der Waals surface area contributed by atoms with Gasteiger partial charge in [-0.2, -0.15) is 0 Å². The zero-order valence-corrected chi connectivity index (χ0v) is 15.3. The van der Waals surface area contributed by atoms with E-state index in [1.165, 1.54) is 6.07 Å². The van der Waals surface area contributed by atoms with Gasteiger partial charge in [0, 0.05) is 27.6 Å². The highest BCUT2D eigenvalue weighted by Crippen LogP contribution is 2.26. The van der Waals surface area contributed by atoms with Crippen molar-refractivity contribution in [3.05, 3.63) is 74.0 Å². The normalized spacial score (nSPS) is 11.7. The Bertz CT molecular complexity index is 1010. The number of aryl methyl sites for hydroxylation is 2. The predicted molar refractivity (Wildman–Crippen MR) is 99.9 cm³/mol. The van der Waals surface area contributed by atoms with Gasteiger partial charge in [-0.25, -0.2) is 4.79 Å². The summed E-state index contributed by atoms with van der Waals surface area (Å²) in [4.78, 5) is 11.6. The molecule has 0 unspecified atom stereocenters. The minimum Gasteiger partial charge on any atom is -0.487 e. The van der Waals surface area contributed by atoms with Crippen LogP contribution in [0.1, 0.15) is 16.7 Å². The molecule has 0 aliphatic heterocycles. The average Bonchev–Trinajstić information content (AvgIpc) is 2.56. The number of hydrogen-bond acceptors (Lipinski definition) is 5. The van der Waals surface area contributed by atoms with Crippen LogP contribution >= 0.6 is 15.9 Å². The monoisotopic (exact) mass is 401 g/mol. The standard InChI is InChI=1S/C19H16BrNO4/c1-11-7-15(9-17-19(11)12(2)8-18(22)25-17)24-10-16(21-23)13-3-5-14(20)6-4-13/h3-9,23H,10H2,1-2H3/b21-16+. The SMILES string of the molecule is Cc1cc(OC/C(=N\O)c2ccc(Br)cc2)cc2oc(=O)cc(C)c12. The summed E-state index contributed by atoms with van der Waals surface area (Å²) in [5.41, 5.74) is 3.05. The number of oxime groups is 1. The van der Waals surface area contributed by atoms with Crippen LogP contribution in [0.3, 0.4) is 0 Å². The van der Waals surface area contributed by atoms with Crippen LogP contribution < -0.4 is 10.4 Å². The molecule has 3 rings (SSSR count). The minimum atomic E-state index is -0.394. The van der Waals surface area contributed by atoms with Crippen LogP contribution in [0.4, 0.5) is 0 Å². The molecule has 5 nitrogen and oxygen atoms in total. The third-order valence-corrected chi connectivity index (χ3v) is 4.41. The number of hydrogen-bond donors (Lipinski definition) is 1. The molecule has 2 aromatic carbocycles. The predicted octanol–water partition coefficient (Wildman–Crippen LogP) is 4.43. The summed E-state index contributed by atoms with van der Waals surface area (Å²) in [5, 5.41) is 13.5. The van der Waals surface area contributed by atoms with Gasteiger partial charge in [-0.05, 0) is 43.2 Å². The lowest BCUT2D eigenvalue weighted by Crippen LogP contribution is -2.13. The summed E-state index contributed by atoms with van der Waals surface area (Å²) in [6.45, 7) is 3.88. The van der Waals surface area contributed by atoms with E-state index in [4.69, 9.17) is 9.15 Å². The van der Waals surface area contributed by atoms with Gasteiger partial charge in [-0.3, -0.25) is 0 Å². The second kappa shape index (κ2) is 7.11. The van der Waals surface area contributed by atoms with Gasteiger partial charge >= 0.3 is 5.63 Å². The summed E-state index contributed by atoms with van der Waals surface area (Å²) < 4.78 is 12.0. The molecule has 1 aromatic heterocycles. The summed E-state index contributed by atoms with van der Waals surface area (Å²) in [7, 11) is 0. The van der Waals surface area contributed by atoms with Crippen LogP contribution in [-0.2, 0) is 0 Å². The molecule has 0 amide bonds. The first kappa shape index (κ1) is 17.2. The zero-order chi connectivity index (χ0) is 18.0. The van der Waals surface area contributed by atoms with Crippen LogP contribution in [0.5, 0.6) is 5.75 Å². The maximum absolute atomic E-state index is 11.6. The fourth-order valence-electron chi connectivity index (χ4n) is 2.74. The van der Waals surface area contributed by atoms with E-state index in [1.54, 1.807) is 6.07 Å². The first-order valence-electron chi connectivity index (χ1n) is 7.62. The first-order valence-corrected chi connectivity index (χ1v) is 8.42. The molecule has 0 saturated heterocycles. The molecule has 0 radical (unpaired) electrons. The molecule has 3 aromatic rings. The molecule has 25 heavy (non-hydrogen) atoms. The lowest BCUT2D eigenvalue weighted by Gasteiger charge is -2.11. The molecule has 0 bridgehead atoms. The summed E-state index contributed by atoms with van der Waals surface area (Å²) in [5.74, 6) is 0.539. The van der Waals surface area contributed by atoms with Gasteiger partial charge in [-0.1, -0.05) is 33.2 Å². The van der Waals surface area contributed by atoms with Crippen molar-refractivity contribution in [3.8, 4) is 5.75 Å². The smallest absolute Gasteiger partial charge is 0.336 e. The lowest BCUT2D eigenvalue weighted by molar-refractivity contribution is 0.308. The molecule has 0 spiro atoms. The first-order chi connectivity index (χ1) is 12.0. The Labute approximate surface area is 152 Å². The third-order valence-electron chi connectivity index (χ3n) is 3.89. The molecule has 128 valence electrons. The van der Waals surface area contributed by atoms with Gasteiger partial charge < -0.3 is 14.4 Å². The maximum Gasteiger partial charge on any atom is 0.336 e. The second-order valence-corrected chi connectivity index (χ2v) is 6.62. The molecule has 1 heterocycles. The van der Waals surface area contributed by atoms with Gasteiger partial charge in [0.1, 0.15) is 23.7 Å². The highest BCUT2D eigenvalue weighted by atomic mass is 79.9. The number of nitrogens with zero attached hydrogens (tertiary/aromatic N) is 1. The second-order valence-electron chi connectivity index (χ2n) is 5.70. The average molecular weight is 402 g/mol. The van der Waals surface area contributed by atoms with Crippen molar-refractivity contribution >= 4 is 32.6 Å². The van der Waals surface area contributed by atoms with Gasteiger partial charge in [0.05, 0.1) is 0 Å². The van der Waals surface area contributed by atoms with Gasteiger partial charge in [-0.15, -0.1) is 0 Å². The van der Waals surface area contributed by atoms with Crippen LogP contribution in [0.2, 0.25) is 0 Å². The zero-order valence-electron chi connectivity index (χ0n) is 13.7. The van der Waals surface area contributed by atoms with Gasteiger partial charge in [0.15, 0.2) is 0 Å². The minimum absolute atomic E-state index is 0.0825. The Morgan fingerprint density at radius 3 is 2.52 bits per heavy atom. The van der Waals surface area contributed by atoms with E-state index >= 15 is 0 Å². The molecular weight excluding hydrogens is 386 g/mol. The fourth-order valence-corrected chi connectivity index (χ4v) is 3.01. The van der Waals surface area contributed by atoms with Gasteiger partial charge in [0.25, 0.3) is 0 Å². The number of benzene rings is 2. The number of fused-ring (bicyclic) bond motifs is 1. The Morgan fingerprint density at radius 1 is 1.16 bits per heavy atom. The quantitative estimate of drug-likeness (QED) is 0.303. The Hall–Kier alpha value is -2.60. The van der Waals surface area contributed by atoms with Crippen molar-refractivity contribution in [3.63, 3.8) is 0 Å². The van der Waals surface area contributed by atoms with E-state index in [0.717, 1.165) is 26.5 Å². The molecule has 0 saturated carbocycles. The van der Waals surface area contributed by atoms with E-state index < -0.39 is 5.63 Å².